The summed E-state index contributed by atoms with van der Waals surface area (Å²) < 4.78 is 5.01. The van der Waals surface area contributed by atoms with E-state index in [0.29, 0.717) is 16.2 Å². The van der Waals surface area contributed by atoms with Gasteiger partial charge in [0, 0.05) is 10.9 Å². The summed E-state index contributed by atoms with van der Waals surface area (Å²) in [5, 5.41) is 3.89. The van der Waals surface area contributed by atoms with Gasteiger partial charge in [-0.25, -0.2) is 9.78 Å². The van der Waals surface area contributed by atoms with Gasteiger partial charge in [-0.2, -0.15) is 0 Å². The number of rotatable bonds is 3. The van der Waals surface area contributed by atoms with Gasteiger partial charge in [-0.3, -0.25) is 4.79 Å². The monoisotopic (exact) mass is 320 g/mol. The van der Waals surface area contributed by atoms with Gasteiger partial charge in [0.2, 0.25) is 0 Å². The Balaban J connectivity index is 2.04. The summed E-state index contributed by atoms with van der Waals surface area (Å²) in [6.07, 6.45) is 0. The van der Waals surface area contributed by atoms with Crippen LogP contribution in [0, 0.1) is 0 Å². The van der Waals surface area contributed by atoms with Gasteiger partial charge in [-0.15, -0.1) is 0 Å². The highest BCUT2D eigenvalue weighted by molar-refractivity contribution is 6.29. The molecule has 1 heterocycles. The SMILES string of the molecule is CC(C)(C)NC(=O)COC(=O)c1ccc2nc(Cl)ccc2c1. The van der Waals surface area contributed by atoms with Gasteiger partial charge < -0.3 is 10.1 Å². The Bertz CT molecular complexity index is 723. The Morgan fingerprint density at radius 2 is 1.95 bits per heavy atom. The third-order valence-electron chi connectivity index (χ3n) is 2.74. The van der Waals surface area contributed by atoms with Crippen LogP contribution >= 0.6 is 11.6 Å². The molecule has 116 valence electrons. The number of amides is 1. The van der Waals surface area contributed by atoms with Crippen molar-refractivity contribution >= 4 is 34.4 Å². The molecule has 0 aliphatic carbocycles. The van der Waals surface area contributed by atoms with Crippen LogP contribution in [0.25, 0.3) is 10.9 Å². The molecule has 2 rings (SSSR count). The van der Waals surface area contributed by atoms with Gasteiger partial charge >= 0.3 is 5.97 Å². The maximum Gasteiger partial charge on any atom is 0.338 e. The molecular weight excluding hydrogens is 304 g/mol. The highest BCUT2D eigenvalue weighted by atomic mass is 35.5. The van der Waals surface area contributed by atoms with E-state index in [9.17, 15) is 9.59 Å². The number of hydrogen-bond donors (Lipinski definition) is 1. The molecule has 0 fully saturated rings. The number of halogens is 1. The van der Waals surface area contributed by atoms with Crippen LogP contribution in [-0.2, 0) is 9.53 Å². The quantitative estimate of drug-likeness (QED) is 0.697. The van der Waals surface area contributed by atoms with Gasteiger partial charge in [0.15, 0.2) is 6.61 Å². The van der Waals surface area contributed by atoms with Gasteiger partial charge in [-0.05, 0) is 51.1 Å². The van der Waals surface area contributed by atoms with Crippen molar-refractivity contribution in [1.29, 1.82) is 0 Å². The minimum absolute atomic E-state index is 0.312. The van der Waals surface area contributed by atoms with E-state index in [4.69, 9.17) is 16.3 Å². The number of esters is 1. The average molecular weight is 321 g/mol. The first-order valence-corrected chi connectivity index (χ1v) is 7.17. The van der Waals surface area contributed by atoms with E-state index in [1.165, 1.54) is 0 Å². The van der Waals surface area contributed by atoms with Crippen molar-refractivity contribution in [2.24, 2.45) is 0 Å². The second-order valence-electron chi connectivity index (χ2n) is 5.92. The number of aromatic nitrogens is 1. The smallest absolute Gasteiger partial charge is 0.338 e. The van der Waals surface area contributed by atoms with E-state index in [1.54, 1.807) is 30.3 Å². The third kappa shape index (κ3) is 4.43. The number of nitrogens with zero attached hydrogens (tertiary/aromatic N) is 1. The fourth-order valence-corrected chi connectivity index (χ4v) is 2.05. The van der Waals surface area contributed by atoms with Crippen molar-refractivity contribution in [3.8, 4) is 0 Å². The second kappa shape index (κ2) is 6.32. The van der Waals surface area contributed by atoms with E-state index in [-0.39, 0.29) is 18.1 Å². The largest absolute Gasteiger partial charge is 0.452 e. The molecule has 1 N–H and O–H groups in total. The number of pyridine rings is 1. The molecule has 6 heteroatoms. The van der Waals surface area contributed by atoms with Crippen molar-refractivity contribution in [3.63, 3.8) is 0 Å². The second-order valence-corrected chi connectivity index (χ2v) is 6.30. The Morgan fingerprint density at radius 3 is 2.64 bits per heavy atom. The fraction of sp³-hybridized carbons (Fsp3) is 0.312. The minimum Gasteiger partial charge on any atom is -0.452 e. The lowest BCUT2D eigenvalue weighted by atomic mass is 10.1. The maximum atomic E-state index is 12.0. The zero-order valence-corrected chi connectivity index (χ0v) is 13.4. The molecule has 0 saturated carbocycles. The van der Waals surface area contributed by atoms with Crippen molar-refractivity contribution in [1.82, 2.24) is 10.3 Å². The number of nitrogens with one attached hydrogen (secondary N) is 1. The lowest BCUT2D eigenvalue weighted by molar-refractivity contribution is -0.125. The summed E-state index contributed by atoms with van der Waals surface area (Å²) in [6, 6.07) is 8.36. The molecule has 0 atom stereocenters. The lowest BCUT2D eigenvalue weighted by Crippen LogP contribution is -2.42. The summed E-state index contributed by atoms with van der Waals surface area (Å²) >= 11 is 5.81. The first kappa shape index (κ1) is 16.2. The summed E-state index contributed by atoms with van der Waals surface area (Å²) in [6.45, 7) is 5.25. The van der Waals surface area contributed by atoms with Crippen molar-refractivity contribution in [2.75, 3.05) is 6.61 Å². The number of hydrogen-bond acceptors (Lipinski definition) is 4. The zero-order chi connectivity index (χ0) is 16.3. The summed E-state index contributed by atoms with van der Waals surface area (Å²) in [5.74, 6) is -0.893. The third-order valence-corrected chi connectivity index (χ3v) is 2.95. The summed E-state index contributed by atoms with van der Waals surface area (Å²) in [7, 11) is 0. The molecule has 22 heavy (non-hydrogen) atoms. The molecule has 0 bridgehead atoms. The van der Waals surface area contributed by atoms with Gasteiger partial charge in [0.1, 0.15) is 5.15 Å². The Kier molecular flexibility index (Phi) is 4.66. The minimum atomic E-state index is -0.555. The van der Waals surface area contributed by atoms with Crippen LogP contribution in [0.2, 0.25) is 5.15 Å². The van der Waals surface area contributed by atoms with Crippen molar-refractivity contribution < 1.29 is 14.3 Å². The highest BCUT2D eigenvalue weighted by Gasteiger charge is 2.16. The maximum absolute atomic E-state index is 12.0. The molecule has 0 aliphatic heterocycles. The molecule has 0 spiro atoms. The summed E-state index contributed by atoms with van der Waals surface area (Å²) in [4.78, 5) is 27.7. The number of fused-ring (bicyclic) bond motifs is 1. The first-order valence-electron chi connectivity index (χ1n) is 6.79. The average Bonchev–Trinajstić information content (AvgIpc) is 2.42. The lowest BCUT2D eigenvalue weighted by Gasteiger charge is -2.20. The Morgan fingerprint density at radius 1 is 1.23 bits per heavy atom. The molecule has 1 aromatic carbocycles. The van der Waals surface area contributed by atoms with Crippen molar-refractivity contribution in [2.45, 2.75) is 26.3 Å². The number of ether oxygens (including phenoxy) is 1. The zero-order valence-electron chi connectivity index (χ0n) is 12.6. The molecular formula is C16H17ClN2O3. The Hall–Kier alpha value is -2.14. The predicted molar refractivity (Wildman–Crippen MR) is 84.9 cm³/mol. The van der Waals surface area contributed by atoms with E-state index >= 15 is 0 Å². The van der Waals surface area contributed by atoms with Gasteiger partial charge in [0.25, 0.3) is 5.91 Å². The fourth-order valence-electron chi connectivity index (χ4n) is 1.90. The molecule has 2 aromatic rings. The van der Waals surface area contributed by atoms with Gasteiger partial charge in [-0.1, -0.05) is 11.6 Å². The predicted octanol–water partition coefficient (Wildman–Crippen LogP) is 2.96. The Labute approximate surface area is 133 Å². The molecule has 0 saturated heterocycles. The molecule has 1 aromatic heterocycles. The molecule has 0 aliphatic rings. The summed E-state index contributed by atoms with van der Waals surface area (Å²) in [5.41, 5.74) is 0.687. The number of carbonyl (C=O) groups is 2. The van der Waals surface area contributed by atoms with Crippen LogP contribution in [-0.4, -0.2) is 29.0 Å². The number of carbonyl (C=O) groups excluding carboxylic acids is 2. The van der Waals surface area contributed by atoms with Crippen LogP contribution in [0.5, 0.6) is 0 Å². The molecule has 0 radical (unpaired) electrons. The molecule has 5 nitrogen and oxygen atoms in total. The van der Waals surface area contributed by atoms with E-state index in [1.807, 2.05) is 20.8 Å². The first-order chi connectivity index (χ1) is 10.2. The van der Waals surface area contributed by atoms with Gasteiger partial charge in [0.05, 0.1) is 11.1 Å². The number of benzene rings is 1. The topological polar surface area (TPSA) is 68.3 Å². The normalized spacial score (nSPS) is 11.3. The van der Waals surface area contributed by atoms with Crippen LogP contribution in [0.15, 0.2) is 30.3 Å². The van der Waals surface area contributed by atoms with E-state index < -0.39 is 5.97 Å². The van der Waals surface area contributed by atoms with E-state index in [2.05, 4.69) is 10.3 Å². The molecule has 1 amide bonds. The van der Waals surface area contributed by atoms with Crippen LogP contribution < -0.4 is 5.32 Å². The molecule has 0 unspecified atom stereocenters. The van der Waals surface area contributed by atoms with Crippen LogP contribution in [0.1, 0.15) is 31.1 Å². The van der Waals surface area contributed by atoms with E-state index in [0.717, 1.165) is 5.39 Å². The van der Waals surface area contributed by atoms with Crippen LogP contribution in [0.4, 0.5) is 0 Å². The standard InChI is InChI=1S/C16H17ClN2O3/c1-16(2,3)19-14(20)9-22-15(21)11-4-6-12-10(8-11)5-7-13(17)18-12/h4-8H,9H2,1-3H3,(H,19,20). The van der Waals surface area contributed by atoms with Crippen LogP contribution in [0.3, 0.4) is 0 Å². The van der Waals surface area contributed by atoms with Crippen molar-refractivity contribution in [3.05, 3.63) is 41.0 Å². The highest BCUT2D eigenvalue weighted by Crippen LogP contribution is 2.17.